The summed E-state index contributed by atoms with van der Waals surface area (Å²) in [4.78, 5) is 0.319. The Morgan fingerprint density at radius 3 is 2.28 bits per heavy atom. The van der Waals surface area contributed by atoms with Gasteiger partial charge >= 0.3 is 0 Å². The van der Waals surface area contributed by atoms with Crippen molar-refractivity contribution in [2.75, 3.05) is 6.61 Å². The molecule has 0 aliphatic heterocycles. The molecule has 0 spiro atoms. The van der Waals surface area contributed by atoms with E-state index in [0.717, 1.165) is 18.4 Å². The summed E-state index contributed by atoms with van der Waals surface area (Å²) in [6.07, 6.45) is 2.20. The molecule has 0 saturated heterocycles. The van der Waals surface area contributed by atoms with E-state index in [0.29, 0.717) is 29.7 Å². The van der Waals surface area contributed by atoms with Crippen LogP contribution >= 0.6 is 0 Å². The van der Waals surface area contributed by atoms with E-state index < -0.39 is 10.0 Å². The molecule has 1 aliphatic rings. The lowest BCUT2D eigenvalue weighted by molar-refractivity contribution is 0.303. The molecule has 0 radical (unpaired) electrons. The minimum absolute atomic E-state index is 0.00299. The Labute approximate surface area is 150 Å². The van der Waals surface area contributed by atoms with Crippen LogP contribution in [0.4, 0.5) is 0 Å². The van der Waals surface area contributed by atoms with Crippen molar-refractivity contribution in [1.29, 1.82) is 0 Å². The highest BCUT2D eigenvalue weighted by atomic mass is 32.2. The number of hydrogen-bond acceptors (Lipinski definition) is 3. The molecule has 134 valence electrons. The molecule has 1 aliphatic carbocycles. The Balaban J connectivity index is 1.90. The average molecular weight is 359 g/mol. The van der Waals surface area contributed by atoms with E-state index in [1.165, 1.54) is 0 Å². The van der Waals surface area contributed by atoms with Gasteiger partial charge in [-0.2, -0.15) is 4.31 Å². The van der Waals surface area contributed by atoms with Crippen LogP contribution in [0.5, 0.6) is 5.75 Å². The normalized spacial score (nSPS) is 16.0. The van der Waals surface area contributed by atoms with E-state index >= 15 is 0 Å². The Morgan fingerprint density at radius 1 is 1.08 bits per heavy atom. The molecule has 25 heavy (non-hydrogen) atoms. The predicted molar refractivity (Wildman–Crippen MR) is 99.0 cm³/mol. The molecule has 3 rings (SSSR count). The van der Waals surface area contributed by atoms with Gasteiger partial charge in [0.05, 0.1) is 11.5 Å². The first-order valence-corrected chi connectivity index (χ1v) is 10.2. The average Bonchev–Trinajstić information content (AvgIpc) is 3.46. The molecule has 4 nitrogen and oxygen atoms in total. The summed E-state index contributed by atoms with van der Waals surface area (Å²) in [6.45, 7) is 4.88. The van der Waals surface area contributed by atoms with Crippen LogP contribution in [0.1, 0.15) is 32.3 Å². The van der Waals surface area contributed by atoms with Gasteiger partial charge in [0.2, 0.25) is 10.0 Å². The molecular formula is C20H25NO3S. The lowest BCUT2D eigenvalue weighted by Gasteiger charge is -2.28. The Bertz CT molecular complexity index is 783. The zero-order chi connectivity index (χ0) is 17.9. The van der Waals surface area contributed by atoms with Crippen molar-refractivity contribution < 1.29 is 13.2 Å². The number of benzene rings is 2. The van der Waals surface area contributed by atoms with Gasteiger partial charge < -0.3 is 4.74 Å². The summed E-state index contributed by atoms with van der Waals surface area (Å²) in [5.41, 5.74) is 1.00. The molecule has 5 heteroatoms. The van der Waals surface area contributed by atoms with E-state index in [9.17, 15) is 8.42 Å². The Morgan fingerprint density at radius 2 is 1.72 bits per heavy atom. The first-order chi connectivity index (χ1) is 12.0. The molecule has 1 saturated carbocycles. The SMILES string of the molecule is CCOc1ccc(S(=O)(=O)N(Cc2ccccc2)[C@@H](C)C2CC2)cc1. The van der Waals surface area contributed by atoms with Crippen molar-refractivity contribution in [2.45, 2.75) is 44.2 Å². The van der Waals surface area contributed by atoms with E-state index in [-0.39, 0.29) is 6.04 Å². The number of hydrogen-bond donors (Lipinski definition) is 0. The van der Waals surface area contributed by atoms with Crippen molar-refractivity contribution in [1.82, 2.24) is 4.31 Å². The second-order valence-electron chi connectivity index (χ2n) is 6.52. The second-order valence-corrected chi connectivity index (χ2v) is 8.41. The summed E-state index contributed by atoms with van der Waals surface area (Å²) >= 11 is 0. The lowest BCUT2D eigenvalue weighted by atomic mass is 10.2. The first-order valence-electron chi connectivity index (χ1n) is 8.81. The van der Waals surface area contributed by atoms with Crippen LogP contribution in [0.15, 0.2) is 59.5 Å². The van der Waals surface area contributed by atoms with Gasteiger partial charge in [-0.25, -0.2) is 8.42 Å². The minimum Gasteiger partial charge on any atom is -0.494 e. The van der Waals surface area contributed by atoms with Crippen LogP contribution < -0.4 is 4.74 Å². The maximum absolute atomic E-state index is 13.3. The molecule has 2 aromatic rings. The third kappa shape index (κ3) is 4.22. The lowest BCUT2D eigenvalue weighted by Crippen LogP contribution is -2.39. The smallest absolute Gasteiger partial charge is 0.243 e. The van der Waals surface area contributed by atoms with Crippen LogP contribution in [0, 0.1) is 5.92 Å². The highest BCUT2D eigenvalue weighted by Crippen LogP contribution is 2.38. The molecule has 0 aromatic heterocycles. The summed E-state index contributed by atoms with van der Waals surface area (Å²) in [5.74, 6) is 1.15. The second kappa shape index (κ2) is 7.58. The van der Waals surface area contributed by atoms with Crippen LogP contribution in [0.2, 0.25) is 0 Å². The molecule has 0 amide bonds. The van der Waals surface area contributed by atoms with E-state index in [4.69, 9.17) is 4.74 Å². The van der Waals surface area contributed by atoms with Gasteiger partial charge in [-0.1, -0.05) is 30.3 Å². The number of nitrogens with zero attached hydrogens (tertiary/aromatic N) is 1. The summed E-state index contributed by atoms with van der Waals surface area (Å²) in [6, 6.07) is 16.5. The van der Waals surface area contributed by atoms with Crippen LogP contribution in [0.25, 0.3) is 0 Å². The Kier molecular flexibility index (Phi) is 5.45. The number of sulfonamides is 1. The molecule has 2 aromatic carbocycles. The zero-order valence-corrected chi connectivity index (χ0v) is 15.6. The van der Waals surface area contributed by atoms with Gasteiger partial charge in [-0.05, 0) is 62.4 Å². The highest BCUT2D eigenvalue weighted by Gasteiger charge is 2.38. The number of rotatable bonds is 8. The fourth-order valence-electron chi connectivity index (χ4n) is 3.03. The molecule has 1 atom stereocenters. The predicted octanol–water partition coefficient (Wildman–Crippen LogP) is 4.07. The van der Waals surface area contributed by atoms with E-state index in [2.05, 4.69) is 0 Å². The van der Waals surface area contributed by atoms with Gasteiger partial charge in [0.25, 0.3) is 0 Å². The van der Waals surface area contributed by atoms with E-state index in [1.54, 1.807) is 28.6 Å². The van der Waals surface area contributed by atoms with Gasteiger partial charge in [0.1, 0.15) is 5.75 Å². The Hall–Kier alpha value is -1.85. The molecular weight excluding hydrogens is 334 g/mol. The topological polar surface area (TPSA) is 46.6 Å². The van der Waals surface area contributed by atoms with Crippen molar-refractivity contribution >= 4 is 10.0 Å². The quantitative estimate of drug-likeness (QED) is 0.714. The summed E-state index contributed by atoms with van der Waals surface area (Å²) < 4.78 is 33.6. The standard InChI is InChI=1S/C20H25NO3S/c1-3-24-19-11-13-20(14-12-19)25(22,23)21(16(2)18-9-10-18)15-17-7-5-4-6-8-17/h4-8,11-14,16,18H,3,9-10,15H2,1-2H3/t16-/m0/s1. The summed E-state index contributed by atoms with van der Waals surface area (Å²) in [7, 11) is -3.56. The fraction of sp³-hybridized carbons (Fsp3) is 0.400. The highest BCUT2D eigenvalue weighted by molar-refractivity contribution is 7.89. The van der Waals surface area contributed by atoms with Crippen molar-refractivity contribution in [3.63, 3.8) is 0 Å². The molecule has 0 bridgehead atoms. The molecule has 0 N–H and O–H groups in total. The van der Waals surface area contributed by atoms with Crippen molar-refractivity contribution in [2.24, 2.45) is 5.92 Å². The van der Waals surface area contributed by atoms with Crippen molar-refractivity contribution in [3.8, 4) is 5.75 Å². The molecule has 0 heterocycles. The zero-order valence-electron chi connectivity index (χ0n) is 14.8. The van der Waals surface area contributed by atoms with Crippen LogP contribution in [0.3, 0.4) is 0 Å². The van der Waals surface area contributed by atoms with E-state index in [1.807, 2.05) is 44.2 Å². The third-order valence-electron chi connectivity index (χ3n) is 4.68. The minimum atomic E-state index is -3.56. The monoisotopic (exact) mass is 359 g/mol. The van der Waals surface area contributed by atoms with Crippen LogP contribution in [-0.4, -0.2) is 25.4 Å². The van der Waals surface area contributed by atoms with Gasteiger partial charge in [0.15, 0.2) is 0 Å². The maximum atomic E-state index is 13.3. The van der Waals surface area contributed by atoms with Gasteiger partial charge in [-0.3, -0.25) is 0 Å². The largest absolute Gasteiger partial charge is 0.494 e. The fourth-order valence-corrected chi connectivity index (χ4v) is 4.71. The number of ether oxygens (including phenoxy) is 1. The van der Waals surface area contributed by atoms with Crippen LogP contribution in [-0.2, 0) is 16.6 Å². The first kappa shape index (κ1) is 18.0. The van der Waals surface area contributed by atoms with Crippen molar-refractivity contribution in [3.05, 3.63) is 60.2 Å². The maximum Gasteiger partial charge on any atom is 0.243 e. The van der Waals surface area contributed by atoms with Gasteiger partial charge in [-0.15, -0.1) is 0 Å². The molecule has 1 fully saturated rings. The third-order valence-corrected chi connectivity index (χ3v) is 6.63. The summed E-state index contributed by atoms with van der Waals surface area (Å²) in [5, 5.41) is 0. The van der Waals surface area contributed by atoms with Gasteiger partial charge in [0, 0.05) is 12.6 Å². The molecule has 0 unspecified atom stereocenters.